The SMILES string of the molecule is CCOc1c(Cl)cc(CNC(=O)CC(C)N)cc1OC.Cl. The number of benzene rings is 1. The summed E-state index contributed by atoms with van der Waals surface area (Å²) in [7, 11) is 1.55. The highest BCUT2D eigenvalue weighted by Gasteiger charge is 2.12. The number of amides is 1. The van der Waals surface area contributed by atoms with Gasteiger partial charge in [-0.15, -0.1) is 12.4 Å². The van der Waals surface area contributed by atoms with Crippen molar-refractivity contribution in [3.05, 3.63) is 22.7 Å². The Morgan fingerprint density at radius 1 is 1.48 bits per heavy atom. The van der Waals surface area contributed by atoms with Gasteiger partial charge in [-0.3, -0.25) is 4.79 Å². The van der Waals surface area contributed by atoms with E-state index >= 15 is 0 Å². The Hall–Kier alpha value is -1.17. The first-order valence-electron chi connectivity index (χ1n) is 6.49. The molecule has 0 radical (unpaired) electrons. The largest absolute Gasteiger partial charge is 0.493 e. The van der Waals surface area contributed by atoms with E-state index in [0.29, 0.717) is 36.1 Å². The standard InChI is InChI=1S/C14H21ClN2O3.ClH/c1-4-20-14-11(15)6-10(7-12(14)19-3)8-17-13(18)5-9(2)16;/h6-7,9H,4-5,8,16H2,1-3H3,(H,17,18);1H. The molecule has 0 aliphatic heterocycles. The van der Waals surface area contributed by atoms with Crippen molar-refractivity contribution in [3.8, 4) is 11.5 Å². The Morgan fingerprint density at radius 2 is 2.14 bits per heavy atom. The predicted octanol–water partition coefficient (Wildman–Crippen LogP) is 2.52. The summed E-state index contributed by atoms with van der Waals surface area (Å²) >= 11 is 6.15. The molecule has 1 unspecified atom stereocenters. The molecule has 0 saturated carbocycles. The molecule has 1 amide bonds. The van der Waals surface area contributed by atoms with Crippen LogP contribution in [-0.4, -0.2) is 25.7 Å². The second kappa shape index (κ2) is 9.71. The third-order valence-electron chi connectivity index (χ3n) is 2.57. The van der Waals surface area contributed by atoms with Crippen molar-refractivity contribution in [3.63, 3.8) is 0 Å². The number of carbonyl (C=O) groups excluding carboxylic acids is 1. The molecular weight excluding hydrogens is 315 g/mol. The van der Waals surface area contributed by atoms with Gasteiger partial charge in [-0.2, -0.15) is 0 Å². The molecule has 0 aliphatic rings. The summed E-state index contributed by atoms with van der Waals surface area (Å²) in [4.78, 5) is 11.6. The number of hydrogen-bond acceptors (Lipinski definition) is 4. The maximum Gasteiger partial charge on any atom is 0.221 e. The van der Waals surface area contributed by atoms with Crippen molar-refractivity contribution < 1.29 is 14.3 Å². The summed E-state index contributed by atoms with van der Waals surface area (Å²) in [6, 6.07) is 3.39. The number of carbonyl (C=O) groups is 1. The fourth-order valence-corrected chi connectivity index (χ4v) is 2.01. The number of hydrogen-bond donors (Lipinski definition) is 2. The van der Waals surface area contributed by atoms with E-state index in [1.165, 1.54) is 0 Å². The van der Waals surface area contributed by atoms with Crippen LogP contribution in [0, 0.1) is 0 Å². The van der Waals surface area contributed by atoms with Crippen LogP contribution in [0.4, 0.5) is 0 Å². The molecule has 5 nitrogen and oxygen atoms in total. The third kappa shape index (κ3) is 6.42. The van der Waals surface area contributed by atoms with Crippen LogP contribution < -0.4 is 20.5 Å². The third-order valence-corrected chi connectivity index (χ3v) is 2.86. The summed E-state index contributed by atoms with van der Waals surface area (Å²) in [5.74, 6) is 0.974. The summed E-state index contributed by atoms with van der Waals surface area (Å²) in [5, 5.41) is 3.25. The molecule has 1 rings (SSSR count). The Bertz CT molecular complexity index is 468. The minimum Gasteiger partial charge on any atom is -0.493 e. The molecule has 1 atom stereocenters. The van der Waals surface area contributed by atoms with Crippen LogP contribution >= 0.6 is 24.0 Å². The molecule has 0 heterocycles. The first kappa shape index (κ1) is 19.8. The van der Waals surface area contributed by atoms with E-state index in [4.69, 9.17) is 26.8 Å². The van der Waals surface area contributed by atoms with Crippen molar-refractivity contribution >= 4 is 29.9 Å². The number of rotatable bonds is 7. The lowest BCUT2D eigenvalue weighted by atomic mass is 10.2. The molecule has 3 N–H and O–H groups in total. The fraction of sp³-hybridized carbons (Fsp3) is 0.500. The quantitative estimate of drug-likeness (QED) is 0.802. The summed E-state index contributed by atoms with van der Waals surface area (Å²) in [5.41, 5.74) is 6.41. The van der Waals surface area contributed by atoms with Gasteiger partial charge in [0.15, 0.2) is 11.5 Å². The van der Waals surface area contributed by atoms with Gasteiger partial charge in [0.1, 0.15) is 0 Å². The maximum absolute atomic E-state index is 11.6. The van der Waals surface area contributed by atoms with E-state index in [0.717, 1.165) is 5.56 Å². The number of methoxy groups -OCH3 is 1. The number of halogens is 2. The molecule has 120 valence electrons. The number of nitrogens with one attached hydrogen (secondary N) is 1. The second-order valence-corrected chi connectivity index (χ2v) is 4.91. The minimum absolute atomic E-state index is 0. The second-order valence-electron chi connectivity index (χ2n) is 4.50. The zero-order valence-corrected chi connectivity index (χ0v) is 14.0. The van der Waals surface area contributed by atoms with E-state index in [-0.39, 0.29) is 24.4 Å². The normalized spacial score (nSPS) is 11.3. The molecule has 0 saturated heterocycles. The smallest absolute Gasteiger partial charge is 0.221 e. The Morgan fingerprint density at radius 3 is 2.67 bits per heavy atom. The molecule has 0 aromatic heterocycles. The van der Waals surface area contributed by atoms with Crippen molar-refractivity contribution in [2.45, 2.75) is 32.9 Å². The van der Waals surface area contributed by atoms with Crippen LogP contribution in [-0.2, 0) is 11.3 Å². The molecular formula is C14H22Cl2N2O3. The van der Waals surface area contributed by atoms with Crippen molar-refractivity contribution in [2.24, 2.45) is 5.73 Å². The highest BCUT2D eigenvalue weighted by Crippen LogP contribution is 2.36. The summed E-state index contributed by atoms with van der Waals surface area (Å²) in [6.45, 7) is 4.53. The van der Waals surface area contributed by atoms with Crippen LogP contribution in [0.15, 0.2) is 12.1 Å². The van der Waals surface area contributed by atoms with Gasteiger partial charge >= 0.3 is 0 Å². The van der Waals surface area contributed by atoms with Crippen molar-refractivity contribution in [1.29, 1.82) is 0 Å². The van der Waals surface area contributed by atoms with Gasteiger partial charge in [0, 0.05) is 19.0 Å². The maximum atomic E-state index is 11.6. The first-order valence-corrected chi connectivity index (χ1v) is 6.87. The number of ether oxygens (including phenoxy) is 2. The molecule has 7 heteroatoms. The Balaban J connectivity index is 0.00000400. The molecule has 0 fully saturated rings. The monoisotopic (exact) mass is 336 g/mol. The number of nitrogens with two attached hydrogens (primary N) is 1. The van der Waals surface area contributed by atoms with Crippen LogP contribution in [0.5, 0.6) is 11.5 Å². The van der Waals surface area contributed by atoms with E-state index in [9.17, 15) is 4.79 Å². The molecule has 0 spiro atoms. The van der Waals surface area contributed by atoms with Gasteiger partial charge in [-0.05, 0) is 31.5 Å². The lowest BCUT2D eigenvalue weighted by molar-refractivity contribution is -0.121. The van der Waals surface area contributed by atoms with Crippen LogP contribution in [0.25, 0.3) is 0 Å². The lowest BCUT2D eigenvalue weighted by Gasteiger charge is -2.14. The van der Waals surface area contributed by atoms with E-state index in [2.05, 4.69) is 5.32 Å². The minimum atomic E-state index is -0.159. The van der Waals surface area contributed by atoms with Crippen molar-refractivity contribution in [1.82, 2.24) is 5.32 Å². The molecule has 21 heavy (non-hydrogen) atoms. The Labute approximate surface area is 136 Å². The summed E-state index contributed by atoms with van der Waals surface area (Å²) in [6.07, 6.45) is 0.294. The highest BCUT2D eigenvalue weighted by atomic mass is 35.5. The lowest BCUT2D eigenvalue weighted by Crippen LogP contribution is -2.29. The predicted molar refractivity (Wildman–Crippen MR) is 86.5 cm³/mol. The van der Waals surface area contributed by atoms with Gasteiger partial charge in [-0.1, -0.05) is 11.6 Å². The van der Waals surface area contributed by atoms with Crippen LogP contribution in [0.2, 0.25) is 5.02 Å². The molecule has 0 aliphatic carbocycles. The van der Waals surface area contributed by atoms with Gasteiger partial charge in [0.05, 0.1) is 18.7 Å². The van der Waals surface area contributed by atoms with E-state index in [1.807, 2.05) is 6.92 Å². The van der Waals surface area contributed by atoms with E-state index < -0.39 is 0 Å². The zero-order valence-electron chi connectivity index (χ0n) is 12.4. The van der Waals surface area contributed by atoms with Crippen LogP contribution in [0.3, 0.4) is 0 Å². The molecule has 1 aromatic rings. The highest BCUT2D eigenvalue weighted by molar-refractivity contribution is 6.32. The van der Waals surface area contributed by atoms with E-state index in [1.54, 1.807) is 26.2 Å². The van der Waals surface area contributed by atoms with Crippen LogP contribution in [0.1, 0.15) is 25.8 Å². The van der Waals surface area contributed by atoms with Crippen molar-refractivity contribution in [2.75, 3.05) is 13.7 Å². The summed E-state index contributed by atoms with van der Waals surface area (Å²) < 4.78 is 10.7. The molecule has 0 bridgehead atoms. The van der Waals surface area contributed by atoms with Gasteiger partial charge < -0.3 is 20.5 Å². The Kier molecular flexibility index (Phi) is 9.17. The van der Waals surface area contributed by atoms with Gasteiger partial charge in [-0.25, -0.2) is 0 Å². The molecule has 1 aromatic carbocycles. The average Bonchev–Trinajstić information content (AvgIpc) is 2.38. The fourth-order valence-electron chi connectivity index (χ4n) is 1.72. The van der Waals surface area contributed by atoms with Gasteiger partial charge in [0.2, 0.25) is 5.91 Å². The zero-order chi connectivity index (χ0) is 15.1. The average molecular weight is 337 g/mol. The van der Waals surface area contributed by atoms with Gasteiger partial charge in [0.25, 0.3) is 0 Å². The topological polar surface area (TPSA) is 73.6 Å². The first-order chi connectivity index (χ1) is 9.47.